The molecule has 0 saturated heterocycles. The van der Waals surface area contributed by atoms with Crippen molar-refractivity contribution >= 4 is 17.5 Å². The van der Waals surface area contributed by atoms with Crippen molar-refractivity contribution in [3.8, 4) is 0 Å². The molecule has 0 aliphatic rings. The van der Waals surface area contributed by atoms with Crippen molar-refractivity contribution in [2.75, 3.05) is 25.6 Å². The molecule has 1 aromatic carbocycles. The Balaban J connectivity index is 2.81. The number of ether oxygens (including phenoxy) is 1. The van der Waals surface area contributed by atoms with Gasteiger partial charge in [-0.25, -0.2) is 0 Å². The second kappa shape index (κ2) is 8.14. The molecule has 5 nitrogen and oxygen atoms in total. The SMILES string of the molecule is COCCCNC(=O)C(C)(C)C(=O)Nc1ccccc1C(F)(F)F. The second-order valence-corrected chi connectivity index (χ2v) is 5.72. The zero-order valence-electron chi connectivity index (χ0n) is 13.8. The molecule has 24 heavy (non-hydrogen) atoms. The molecule has 2 amide bonds. The van der Waals surface area contributed by atoms with Gasteiger partial charge in [-0.15, -0.1) is 0 Å². The average Bonchev–Trinajstić information content (AvgIpc) is 2.50. The molecule has 0 bridgehead atoms. The van der Waals surface area contributed by atoms with Crippen molar-refractivity contribution < 1.29 is 27.5 Å². The third kappa shape index (κ3) is 5.23. The van der Waals surface area contributed by atoms with Gasteiger partial charge in [-0.1, -0.05) is 12.1 Å². The molecule has 0 fully saturated rings. The highest BCUT2D eigenvalue weighted by atomic mass is 19.4. The van der Waals surface area contributed by atoms with E-state index in [9.17, 15) is 22.8 Å². The van der Waals surface area contributed by atoms with E-state index in [1.54, 1.807) is 0 Å². The van der Waals surface area contributed by atoms with Crippen molar-refractivity contribution in [1.29, 1.82) is 0 Å². The van der Waals surface area contributed by atoms with Crippen LogP contribution in [-0.4, -0.2) is 32.1 Å². The predicted molar refractivity (Wildman–Crippen MR) is 83.4 cm³/mol. The number of carbonyl (C=O) groups is 2. The minimum Gasteiger partial charge on any atom is -0.385 e. The Bertz CT molecular complexity index is 586. The quantitative estimate of drug-likeness (QED) is 0.589. The summed E-state index contributed by atoms with van der Waals surface area (Å²) < 4.78 is 43.7. The van der Waals surface area contributed by atoms with Gasteiger partial charge >= 0.3 is 6.18 Å². The van der Waals surface area contributed by atoms with Crippen LogP contribution in [0.2, 0.25) is 0 Å². The number of hydrogen-bond donors (Lipinski definition) is 2. The van der Waals surface area contributed by atoms with Gasteiger partial charge in [-0.3, -0.25) is 9.59 Å². The van der Waals surface area contributed by atoms with Gasteiger partial charge < -0.3 is 15.4 Å². The maximum atomic E-state index is 13.0. The summed E-state index contributed by atoms with van der Waals surface area (Å²) in [6, 6.07) is 4.62. The molecule has 0 heterocycles. The third-order valence-corrected chi connectivity index (χ3v) is 3.43. The number of halogens is 3. The molecular formula is C16H21F3N2O3. The number of anilines is 1. The van der Waals surface area contributed by atoms with Crippen LogP contribution in [0.15, 0.2) is 24.3 Å². The van der Waals surface area contributed by atoms with E-state index in [2.05, 4.69) is 10.6 Å². The molecule has 0 spiro atoms. The Kier molecular flexibility index (Phi) is 6.77. The lowest BCUT2D eigenvalue weighted by Gasteiger charge is -2.23. The van der Waals surface area contributed by atoms with E-state index in [4.69, 9.17) is 4.74 Å². The Morgan fingerprint density at radius 1 is 1.12 bits per heavy atom. The lowest BCUT2D eigenvalue weighted by molar-refractivity contribution is -0.138. The van der Waals surface area contributed by atoms with Gasteiger partial charge in [0.05, 0.1) is 11.3 Å². The summed E-state index contributed by atoms with van der Waals surface area (Å²) in [5.74, 6) is -1.39. The van der Waals surface area contributed by atoms with Crippen LogP contribution in [0.3, 0.4) is 0 Å². The standard InChI is InChI=1S/C16H21F3N2O3/c1-15(2,13(22)20-9-6-10-24-3)14(23)21-12-8-5-4-7-11(12)16(17,18)19/h4-5,7-8H,6,9-10H2,1-3H3,(H,20,22)(H,21,23). The first-order chi connectivity index (χ1) is 11.1. The van der Waals surface area contributed by atoms with Crippen LogP contribution in [0.4, 0.5) is 18.9 Å². The van der Waals surface area contributed by atoms with E-state index >= 15 is 0 Å². The van der Waals surface area contributed by atoms with Crippen molar-refractivity contribution in [3.63, 3.8) is 0 Å². The molecule has 0 saturated carbocycles. The molecule has 0 aliphatic heterocycles. The molecule has 0 aromatic heterocycles. The summed E-state index contributed by atoms with van der Waals surface area (Å²) in [7, 11) is 1.53. The van der Waals surface area contributed by atoms with E-state index in [-0.39, 0.29) is 5.69 Å². The van der Waals surface area contributed by atoms with Gasteiger partial charge in [-0.05, 0) is 32.4 Å². The maximum absolute atomic E-state index is 13.0. The highest BCUT2D eigenvalue weighted by Gasteiger charge is 2.38. The smallest absolute Gasteiger partial charge is 0.385 e. The topological polar surface area (TPSA) is 67.4 Å². The number of alkyl halides is 3. The van der Waals surface area contributed by atoms with Gasteiger partial charge in [0.2, 0.25) is 11.8 Å². The number of nitrogens with one attached hydrogen (secondary N) is 2. The van der Waals surface area contributed by atoms with E-state index in [1.165, 1.54) is 33.1 Å². The number of rotatable bonds is 7. The number of carbonyl (C=O) groups excluding carboxylic acids is 2. The first-order valence-corrected chi connectivity index (χ1v) is 7.35. The molecule has 2 N–H and O–H groups in total. The van der Waals surface area contributed by atoms with Crippen LogP contribution in [0.5, 0.6) is 0 Å². The molecule has 8 heteroatoms. The summed E-state index contributed by atoms with van der Waals surface area (Å²) in [4.78, 5) is 24.4. The fourth-order valence-electron chi connectivity index (χ4n) is 1.86. The first-order valence-electron chi connectivity index (χ1n) is 7.35. The minimum absolute atomic E-state index is 0.308. The average molecular weight is 346 g/mol. The van der Waals surface area contributed by atoms with Crippen molar-refractivity contribution in [2.45, 2.75) is 26.4 Å². The largest absolute Gasteiger partial charge is 0.418 e. The van der Waals surface area contributed by atoms with E-state index in [1.807, 2.05) is 0 Å². The number of methoxy groups -OCH3 is 1. The molecule has 0 unspecified atom stereocenters. The van der Waals surface area contributed by atoms with E-state index < -0.39 is 29.0 Å². The minimum atomic E-state index is -4.60. The Morgan fingerprint density at radius 3 is 2.33 bits per heavy atom. The summed E-state index contributed by atoms with van der Waals surface area (Å²) in [6.07, 6.45) is -4.03. The fourth-order valence-corrected chi connectivity index (χ4v) is 1.86. The lowest BCUT2D eigenvalue weighted by Crippen LogP contribution is -2.45. The zero-order chi connectivity index (χ0) is 18.4. The van der Waals surface area contributed by atoms with Crippen LogP contribution >= 0.6 is 0 Å². The number of amides is 2. The maximum Gasteiger partial charge on any atom is 0.418 e. The molecule has 0 radical (unpaired) electrons. The monoisotopic (exact) mass is 346 g/mol. The summed E-state index contributed by atoms with van der Waals surface area (Å²) >= 11 is 0. The molecule has 1 aromatic rings. The van der Waals surface area contributed by atoms with Crippen LogP contribution in [0.25, 0.3) is 0 Å². The fraction of sp³-hybridized carbons (Fsp3) is 0.500. The highest BCUT2D eigenvalue weighted by Crippen LogP contribution is 2.35. The van der Waals surface area contributed by atoms with Gasteiger partial charge in [-0.2, -0.15) is 13.2 Å². The first kappa shape index (κ1) is 20.0. The van der Waals surface area contributed by atoms with E-state index in [0.717, 1.165) is 12.1 Å². The molecule has 0 atom stereocenters. The Hall–Kier alpha value is -2.09. The van der Waals surface area contributed by atoms with Gasteiger partial charge in [0, 0.05) is 20.3 Å². The number of hydrogen-bond acceptors (Lipinski definition) is 3. The van der Waals surface area contributed by atoms with Gasteiger partial charge in [0.15, 0.2) is 0 Å². The Labute approximate surface area is 138 Å². The third-order valence-electron chi connectivity index (χ3n) is 3.43. The van der Waals surface area contributed by atoms with Gasteiger partial charge in [0.1, 0.15) is 5.41 Å². The van der Waals surface area contributed by atoms with E-state index in [0.29, 0.717) is 19.6 Å². The van der Waals surface area contributed by atoms with Crippen LogP contribution < -0.4 is 10.6 Å². The summed E-state index contributed by atoms with van der Waals surface area (Å²) in [5.41, 5.74) is -2.86. The number of para-hydroxylation sites is 1. The number of benzene rings is 1. The second-order valence-electron chi connectivity index (χ2n) is 5.72. The molecular weight excluding hydrogens is 325 g/mol. The van der Waals surface area contributed by atoms with Crippen LogP contribution in [0, 0.1) is 5.41 Å². The summed E-state index contributed by atoms with van der Waals surface area (Å²) in [5, 5.41) is 4.76. The van der Waals surface area contributed by atoms with Crippen LogP contribution in [0.1, 0.15) is 25.8 Å². The normalized spacial score (nSPS) is 11.9. The lowest BCUT2D eigenvalue weighted by atomic mass is 9.90. The van der Waals surface area contributed by atoms with Crippen molar-refractivity contribution in [1.82, 2.24) is 5.32 Å². The zero-order valence-corrected chi connectivity index (χ0v) is 13.8. The van der Waals surface area contributed by atoms with Crippen molar-refractivity contribution in [3.05, 3.63) is 29.8 Å². The highest BCUT2D eigenvalue weighted by molar-refractivity contribution is 6.10. The Morgan fingerprint density at radius 2 is 1.75 bits per heavy atom. The summed E-state index contributed by atoms with van der Waals surface area (Å²) in [6.45, 7) is 3.46. The molecule has 134 valence electrons. The molecule has 1 rings (SSSR count). The molecule has 0 aliphatic carbocycles. The van der Waals surface area contributed by atoms with Crippen molar-refractivity contribution in [2.24, 2.45) is 5.41 Å². The van der Waals surface area contributed by atoms with Gasteiger partial charge in [0.25, 0.3) is 0 Å². The predicted octanol–water partition coefficient (Wildman–Crippen LogP) is 2.82. The van der Waals surface area contributed by atoms with Crippen LogP contribution in [-0.2, 0) is 20.5 Å².